The van der Waals surface area contributed by atoms with Crippen LogP contribution in [0.1, 0.15) is 17.5 Å². The molecular formula is C19H20ClN3O2S. The van der Waals surface area contributed by atoms with Crippen LogP contribution in [-0.2, 0) is 16.6 Å². The van der Waals surface area contributed by atoms with Crippen LogP contribution in [0.4, 0.5) is 0 Å². The van der Waals surface area contributed by atoms with Gasteiger partial charge in [0.05, 0.1) is 16.5 Å². The van der Waals surface area contributed by atoms with E-state index in [0.717, 1.165) is 25.1 Å². The van der Waals surface area contributed by atoms with Gasteiger partial charge in [-0.25, -0.2) is 8.42 Å². The first-order valence-corrected chi connectivity index (χ1v) is 10.3. The zero-order valence-electron chi connectivity index (χ0n) is 14.3. The molecule has 0 spiro atoms. The highest BCUT2D eigenvalue weighted by Crippen LogP contribution is 2.20. The lowest BCUT2D eigenvalue weighted by Crippen LogP contribution is -2.35. The van der Waals surface area contributed by atoms with Gasteiger partial charge >= 0.3 is 0 Å². The van der Waals surface area contributed by atoms with Crippen LogP contribution in [0.5, 0.6) is 0 Å². The van der Waals surface area contributed by atoms with Crippen molar-refractivity contribution in [3.05, 3.63) is 64.7 Å². The van der Waals surface area contributed by atoms with Gasteiger partial charge in [-0.1, -0.05) is 23.7 Å². The van der Waals surface area contributed by atoms with E-state index in [1.807, 2.05) is 24.3 Å². The second kappa shape index (κ2) is 8.19. The highest BCUT2D eigenvalue weighted by Gasteiger charge is 2.26. The molecule has 0 aliphatic carbocycles. The summed E-state index contributed by atoms with van der Waals surface area (Å²) in [6.07, 6.45) is 0.781. The summed E-state index contributed by atoms with van der Waals surface area (Å²) in [4.78, 5) is 2.53. The fourth-order valence-corrected chi connectivity index (χ4v) is 4.64. The second-order valence-electron chi connectivity index (χ2n) is 6.30. The molecule has 26 heavy (non-hydrogen) atoms. The molecule has 0 bridgehead atoms. The number of nitriles is 1. The third-order valence-electron chi connectivity index (χ3n) is 4.49. The van der Waals surface area contributed by atoms with Gasteiger partial charge in [0.2, 0.25) is 10.0 Å². The van der Waals surface area contributed by atoms with E-state index in [1.54, 1.807) is 28.6 Å². The Balaban J connectivity index is 1.65. The molecule has 0 unspecified atom stereocenters. The lowest BCUT2D eigenvalue weighted by molar-refractivity contribution is 0.278. The Morgan fingerprint density at radius 1 is 0.962 bits per heavy atom. The van der Waals surface area contributed by atoms with Gasteiger partial charge in [-0.2, -0.15) is 9.57 Å². The molecule has 0 N–H and O–H groups in total. The number of rotatable bonds is 4. The fourth-order valence-electron chi connectivity index (χ4n) is 3.04. The lowest BCUT2D eigenvalue weighted by atomic mass is 10.1. The van der Waals surface area contributed by atoms with Crippen LogP contribution in [0.25, 0.3) is 0 Å². The maximum Gasteiger partial charge on any atom is 0.243 e. The van der Waals surface area contributed by atoms with Gasteiger partial charge in [0.25, 0.3) is 0 Å². The molecule has 2 aromatic carbocycles. The third-order valence-corrected chi connectivity index (χ3v) is 6.65. The number of hydrogen-bond acceptors (Lipinski definition) is 4. The number of hydrogen-bond donors (Lipinski definition) is 0. The van der Waals surface area contributed by atoms with E-state index in [2.05, 4.69) is 11.0 Å². The van der Waals surface area contributed by atoms with Gasteiger partial charge in [-0.15, -0.1) is 0 Å². The van der Waals surface area contributed by atoms with Crippen molar-refractivity contribution in [2.45, 2.75) is 17.9 Å². The Morgan fingerprint density at radius 3 is 2.31 bits per heavy atom. The molecule has 1 aliphatic heterocycles. The summed E-state index contributed by atoms with van der Waals surface area (Å²) in [5.74, 6) is 0. The highest BCUT2D eigenvalue weighted by atomic mass is 35.5. The van der Waals surface area contributed by atoms with Crippen LogP contribution < -0.4 is 0 Å². The summed E-state index contributed by atoms with van der Waals surface area (Å²) in [5.41, 5.74) is 1.77. The Kier molecular flexibility index (Phi) is 5.94. The summed E-state index contributed by atoms with van der Waals surface area (Å²) < 4.78 is 27.2. The molecule has 0 atom stereocenters. The predicted molar refractivity (Wildman–Crippen MR) is 101 cm³/mol. The maximum absolute atomic E-state index is 12.8. The Morgan fingerprint density at radius 2 is 1.65 bits per heavy atom. The SMILES string of the molecule is N#Cc1ccc(CN2CCCN(S(=O)(=O)c3ccc(Cl)cc3)CC2)cc1. The Hall–Kier alpha value is -1.91. The molecule has 3 rings (SSSR count). The van der Waals surface area contributed by atoms with Crippen molar-refractivity contribution in [1.29, 1.82) is 5.26 Å². The highest BCUT2D eigenvalue weighted by molar-refractivity contribution is 7.89. The first-order valence-electron chi connectivity index (χ1n) is 8.46. The monoisotopic (exact) mass is 389 g/mol. The van der Waals surface area contributed by atoms with Crippen molar-refractivity contribution in [2.24, 2.45) is 0 Å². The number of nitrogens with zero attached hydrogens (tertiary/aromatic N) is 3. The lowest BCUT2D eigenvalue weighted by Gasteiger charge is -2.22. The van der Waals surface area contributed by atoms with Crippen molar-refractivity contribution in [1.82, 2.24) is 9.21 Å². The minimum atomic E-state index is -3.50. The van der Waals surface area contributed by atoms with Crippen molar-refractivity contribution in [3.8, 4) is 6.07 Å². The molecule has 0 amide bonds. The molecule has 2 aromatic rings. The predicted octanol–water partition coefficient (Wildman–Crippen LogP) is 3.11. The van der Waals surface area contributed by atoms with E-state index >= 15 is 0 Å². The minimum absolute atomic E-state index is 0.280. The van der Waals surface area contributed by atoms with Crippen molar-refractivity contribution < 1.29 is 8.42 Å². The van der Waals surface area contributed by atoms with E-state index in [9.17, 15) is 8.42 Å². The van der Waals surface area contributed by atoms with Crippen LogP contribution in [0, 0.1) is 11.3 Å². The molecule has 1 aliphatic rings. The molecule has 5 nitrogen and oxygen atoms in total. The molecule has 7 heteroatoms. The number of benzene rings is 2. The summed E-state index contributed by atoms with van der Waals surface area (Å²) >= 11 is 5.86. The van der Waals surface area contributed by atoms with Crippen LogP contribution in [-0.4, -0.2) is 43.8 Å². The van der Waals surface area contributed by atoms with Gasteiger partial charge in [0.15, 0.2) is 0 Å². The van der Waals surface area contributed by atoms with Crippen LogP contribution >= 0.6 is 11.6 Å². The first-order chi connectivity index (χ1) is 12.5. The molecule has 1 heterocycles. The van der Waals surface area contributed by atoms with E-state index in [1.165, 1.54) is 0 Å². The van der Waals surface area contributed by atoms with Gasteiger partial charge in [-0.3, -0.25) is 4.90 Å². The van der Waals surface area contributed by atoms with Crippen molar-refractivity contribution in [3.63, 3.8) is 0 Å². The van der Waals surface area contributed by atoms with Crippen LogP contribution in [0.3, 0.4) is 0 Å². The van der Waals surface area contributed by atoms with E-state index < -0.39 is 10.0 Å². The molecule has 1 fully saturated rings. The van der Waals surface area contributed by atoms with Gasteiger partial charge in [-0.05, 0) is 54.9 Å². The zero-order chi connectivity index (χ0) is 18.6. The van der Waals surface area contributed by atoms with Crippen LogP contribution in [0.15, 0.2) is 53.4 Å². The van der Waals surface area contributed by atoms with Gasteiger partial charge in [0, 0.05) is 31.2 Å². The second-order valence-corrected chi connectivity index (χ2v) is 8.67. The maximum atomic E-state index is 12.8. The van der Waals surface area contributed by atoms with Crippen LogP contribution in [0.2, 0.25) is 5.02 Å². The van der Waals surface area contributed by atoms with Gasteiger partial charge < -0.3 is 0 Å². The summed E-state index contributed by atoms with van der Waals surface area (Å²) in [6.45, 7) is 3.23. The zero-order valence-corrected chi connectivity index (χ0v) is 15.9. The number of sulfonamides is 1. The number of halogens is 1. The van der Waals surface area contributed by atoms with Crippen molar-refractivity contribution >= 4 is 21.6 Å². The van der Waals surface area contributed by atoms with Gasteiger partial charge in [0.1, 0.15) is 0 Å². The Labute approximate surface area is 159 Å². The minimum Gasteiger partial charge on any atom is -0.298 e. The molecule has 0 aromatic heterocycles. The normalized spacial score (nSPS) is 16.8. The molecule has 136 valence electrons. The molecular weight excluding hydrogens is 370 g/mol. The first kappa shape index (κ1) is 18.9. The summed E-state index contributed by atoms with van der Waals surface area (Å²) in [6, 6.07) is 15.9. The van der Waals surface area contributed by atoms with Crippen molar-refractivity contribution in [2.75, 3.05) is 26.2 Å². The third kappa shape index (κ3) is 4.43. The van der Waals surface area contributed by atoms with E-state index in [0.29, 0.717) is 30.2 Å². The fraction of sp³-hybridized carbons (Fsp3) is 0.316. The van der Waals surface area contributed by atoms with E-state index in [4.69, 9.17) is 16.9 Å². The smallest absolute Gasteiger partial charge is 0.243 e. The van der Waals surface area contributed by atoms with E-state index in [-0.39, 0.29) is 4.90 Å². The molecule has 0 saturated carbocycles. The Bertz CT molecular complexity index is 890. The average molecular weight is 390 g/mol. The standard InChI is InChI=1S/C19H20ClN3O2S/c20-18-6-8-19(9-7-18)26(24,25)23-11-1-10-22(12-13-23)15-17-4-2-16(14-21)3-5-17/h2-9H,1,10-13,15H2. The summed E-state index contributed by atoms with van der Waals surface area (Å²) in [5, 5.41) is 9.39. The molecule has 1 saturated heterocycles. The topological polar surface area (TPSA) is 64.4 Å². The average Bonchev–Trinajstić information content (AvgIpc) is 2.89. The summed E-state index contributed by atoms with van der Waals surface area (Å²) in [7, 11) is -3.50. The largest absolute Gasteiger partial charge is 0.298 e. The molecule has 0 radical (unpaired) electrons. The quantitative estimate of drug-likeness (QED) is 0.805.